The Bertz CT molecular complexity index is 696. The molecule has 1 aliphatic carbocycles. The number of sulfonamides is 1. The van der Waals surface area contributed by atoms with Gasteiger partial charge < -0.3 is 10.5 Å². The van der Waals surface area contributed by atoms with E-state index >= 15 is 0 Å². The van der Waals surface area contributed by atoms with Gasteiger partial charge in [0.25, 0.3) is 5.91 Å². The van der Waals surface area contributed by atoms with Crippen molar-refractivity contribution in [3.05, 3.63) is 23.8 Å². The fraction of sp³-hybridized carbons (Fsp3) is 0.562. The van der Waals surface area contributed by atoms with E-state index in [0.29, 0.717) is 0 Å². The molecule has 0 radical (unpaired) electrons. The van der Waals surface area contributed by atoms with E-state index in [2.05, 4.69) is 0 Å². The van der Waals surface area contributed by atoms with Gasteiger partial charge in [0.05, 0.1) is 17.6 Å². The van der Waals surface area contributed by atoms with E-state index in [1.54, 1.807) is 4.31 Å². The van der Waals surface area contributed by atoms with Crippen LogP contribution in [-0.2, 0) is 10.0 Å². The number of carbonyl (C=O) groups excluding carboxylic acids is 1. The zero-order valence-corrected chi connectivity index (χ0v) is 14.8. The molecule has 0 spiro atoms. The molecule has 0 heterocycles. The van der Waals surface area contributed by atoms with Gasteiger partial charge in [0.15, 0.2) is 0 Å². The molecule has 1 aromatic carbocycles. The van der Waals surface area contributed by atoms with E-state index in [0.717, 1.165) is 12.8 Å². The van der Waals surface area contributed by atoms with Crippen molar-refractivity contribution >= 4 is 15.9 Å². The third-order valence-electron chi connectivity index (χ3n) is 4.28. The molecule has 0 bridgehead atoms. The Labute approximate surface area is 137 Å². The van der Waals surface area contributed by atoms with Gasteiger partial charge in [-0.3, -0.25) is 4.79 Å². The molecule has 1 amide bonds. The van der Waals surface area contributed by atoms with Gasteiger partial charge in [-0.1, -0.05) is 13.8 Å². The second-order valence-electron chi connectivity index (χ2n) is 6.28. The summed E-state index contributed by atoms with van der Waals surface area (Å²) in [6.07, 6.45) is 1.74. The normalized spacial score (nSPS) is 16.6. The van der Waals surface area contributed by atoms with Crippen molar-refractivity contribution in [1.29, 1.82) is 0 Å². The number of ether oxygens (including phenoxy) is 1. The van der Waals surface area contributed by atoms with Crippen LogP contribution in [0.25, 0.3) is 0 Å². The van der Waals surface area contributed by atoms with Crippen molar-refractivity contribution in [3.63, 3.8) is 0 Å². The summed E-state index contributed by atoms with van der Waals surface area (Å²) in [5, 5.41) is 0. The lowest BCUT2D eigenvalue weighted by molar-refractivity contribution is 0.0997. The number of methoxy groups -OCH3 is 1. The predicted octanol–water partition coefficient (Wildman–Crippen LogP) is 1.99. The highest BCUT2D eigenvalue weighted by atomic mass is 32.2. The second kappa shape index (κ2) is 6.49. The summed E-state index contributed by atoms with van der Waals surface area (Å²) < 4.78 is 32.8. The number of nitrogens with zero attached hydrogens (tertiary/aromatic N) is 1. The molecule has 0 aromatic heterocycles. The van der Waals surface area contributed by atoms with E-state index < -0.39 is 15.9 Å². The van der Waals surface area contributed by atoms with Crippen LogP contribution in [0.1, 0.15) is 44.0 Å². The minimum atomic E-state index is -3.69. The maximum absolute atomic E-state index is 13.1. The fourth-order valence-electron chi connectivity index (χ4n) is 2.53. The zero-order valence-electron chi connectivity index (χ0n) is 13.9. The highest BCUT2D eigenvalue weighted by molar-refractivity contribution is 7.89. The topological polar surface area (TPSA) is 89.7 Å². The summed E-state index contributed by atoms with van der Waals surface area (Å²) in [5.41, 5.74) is 5.40. The number of nitrogens with two attached hydrogens (primary N) is 1. The van der Waals surface area contributed by atoms with Gasteiger partial charge in [-0.25, -0.2) is 8.42 Å². The summed E-state index contributed by atoms with van der Waals surface area (Å²) in [6.45, 7) is 5.91. The Morgan fingerprint density at radius 2 is 1.91 bits per heavy atom. The maximum Gasteiger partial charge on any atom is 0.252 e. The molecule has 128 valence electrons. The molecule has 6 nitrogen and oxygen atoms in total. The van der Waals surface area contributed by atoms with Crippen LogP contribution in [0.2, 0.25) is 0 Å². The number of hydrogen-bond acceptors (Lipinski definition) is 4. The molecule has 0 aliphatic heterocycles. The first-order valence-corrected chi connectivity index (χ1v) is 9.15. The Morgan fingerprint density at radius 1 is 1.30 bits per heavy atom. The lowest BCUT2D eigenvalue weighted by Gasteiger charge is -2.31. The fourth-order valence-corrected chi connectivity index (χ4v) is 4.57. The number of primary amides is 1. The van der Waals surface area contributed by atoms with Crippen LogP contribution < -0.4 is 10.5 Å². The average Bonchev–Trinajstić information content (AvgIpc) is 3.30. The van der Waals surface area contributed by atoms with Gasteiger partial charge in [0.2, 0.25) is 10.0 Å². The highest BCUT2D eigenvalue weighted by Crippen LogP contribution is 2.36. The minimum absolute atomic E-state index is 0.0385. The maximum atomic E-state index is 13.1. The average molecular weight is 340 g/mol. The van der Waals surface area contributed by atoms with Gasteiger partial charge in [0, 0.05) is 12.1 Å². The lowest BCUT2D eigenvalue weighted by atomic mass is 10.1. The first-order valence-electron chi connectivity index (χ1n) is 7.71. The molecule has 1 aromatic rings. The number of amides is 1. The third-order valence-corrected chi connectivity index (χ3v) is 6.32. The van der Waals surface area contributed by atoms with E-state index in [1.807, 2.05) is 20.8 Å². The molecule has 7 heteroatoms. The van der Waals surface area contributed by atoms with Crippen molar-refractivity contribution in [2.75, 3.05) is 7.11 Å². The van der Waals surface area contributed by atoms with Gasteiger partial charge in [-0.2, -0.15) is 4.31 Å². The van der Waals surface area contributed by atoms with E-state index in [1.165, 1.54) is 25.3 Å². The zero-order chi connectivity index (χ0) is 17.4. The summed E-state index contributed by atoms with van der Waals surface area (Å²) in [6, 6.07) is 4.16. The monoisotopic (exact) mass is 340 g/mol. The summed E-state index contributed by atoms with van der Waals surface area (Å²) in [5.74, 6) is -0.251. The smallest absolute Gasteiger partial charge is 0.252 e. The molecule has 1 saturated carbocycles. The Hall–Kier alpha value is -1.60. The lowest BCUT2D eigenvalue weighted by Crippen LogP contribution is -2.43. The van der Waals surface area contributed by atoms with Crippen LogP contribution in [-0.4, -0.2) is 37.8 Å². The van der Waals surface area contributed by atoms with Crippen LogP contribution in [0.5, 0.6) is 5.75 Å². The van der Waals surface area contributed by atoms with Crippen molar-refractivity contribution in [2.45, 2.75) is 50.6 Å². The van der Waals surface area contributed by atoms with E-state index in [4.69, 9.17) is 10.5 Å². The Kier molecular flexibility index (Phi) is 5.01. The molecule has 2 N–H and O–H groups in total. The van der Waals surface area contributed by atoms with Crippen LogP contribution in [0.15, 0.2) is 23.1 Å². The molecule has 1 atom stereocenters. The number of carbonyl (C=O) groups is 1. The van der Waals surface area contributed by atoms with E-state index in [9.17, 15) is 13.2 Å². The van der Waals surface area contributed by atoms with Crippen LogP contribution in [0.3, 0.4) is 0 Å². The molecular formula is C16H24N2O4S. The third kappa shape index (κ3) is 3.50. The summed E-state index contributed by atoms with van der Waals surface area (Å²) in [4.78, 5) is 11.6. The number of rotatable bonds is 7. The predicted molar refractivity (Wildman–Crippen MR) is 87.9 cm³/mol. The minimum Gasteiger partial charge on any atom is -0.496 e. The van der Waals surface area contributed by atoms with Crippen molar-refractivity contribution in [3.8, 4) is 5.75 Å². The van der Waals surface area contributed by atoms with Crippen molar-refractivity contribution in [2.24, 2.45) is 11.7 Å². The van der Waals surface area contributed by atoms with Crippen LogP contribution >= 0.6 is 0 Å². The van der Waals surface area contributed by atoms with Crippen molar-refractivity contribution < 1.29 is 17.9 Å². The first kappa shape index (κ1) is 17.7. The molecule has 1 fully saturated rings. The molecule has 2 rings (SSSR count). The number of hydrogen-bond donors (Lipinski definition) is 1. The summed E-state index contributed by atoms with van der Waals surface area (Å²) >= 11 is 0. The van der Waals surface area contributed by atoms with Crippen molar-refractivity contribution in [1.82, 2.24) is 4.31 Å². The molecule has 1 unspecified atom stereocenters. The SMILES string of the molecule is COc1ccc(S(=O)(=O)N(C2CC2)C(C)C(C)C)cc1C(N)=O. The van der Waals surface area contributed by atoms with E-state index in [-0.39, 0.29) is 34.2 Å². The molecule has 0 saturated heterocycles. The standard InChI is InChI=1S/C16H24N2O4S/c1-10(2)11(3)18(12-5-6-12)23(20,21)13-7-8-15(22-4)14(9-13)16(17)19/h7-12H,5-6H2,1-4H3,(H2,17,19). The Morgan fingerprint density at radius 3 is 2.35 bits per heavy atom. The largest absolute Gasteiger partial charge is 0.496 e. The van der Waals surface area contributed by atoms with Gasteiger partial charge in [0.1, 0.15) is 5.75 Å². The molecule has 23 heavy (non-hydrogen) atoms. The first-order chi connectivity index (χ1) is 10.7. The highest BCUT2D eigenvalue weighted by Gasteiger charge is 2.42. The van der Waals surface area contributed by atoms with Crippen LogP contribution in [0, 0.1) is 5.92 Å². The number of benzene rings is 1. The van der Waals surface area contributed by atoms with Gasteiger partial charge in [-0.15, -0.1) is 0 Å². The molecular weight excluding hydrogens is 316 g/mol. The second-order valence-corrected chi connectivity index (χ2v) is 8.12. The molecule has 1 aliphatic rings. The Balaban J connectivity index is 2.49. The van der Waals surface area contributed by atoms with Gasteiger partial charge >= 0.3 is 0 Å². The van der Waals surface area contributed by atoms with Crippen LogP contribution in [0.4, 0.5) is 0 Å². The van der Waals surface area contributed by atoms with Gasteiger partial charge in [-0.05, 0) is 43.9 Å². The summed E-state index contributed by atoms with van der Waals surface area (Å²) in [7, 11) is -2.28. The quantitative estimate of drug-likeness (QED) is 0.822.